The summed E-state index contributed by atoms with van der Waals surface area (Å²) in [5, 5.41) is 3.11. The number of benzene rings is 4. The first-order valence-corrected chi connectivity index (χ1v) is 29.1. The molecule has 8 bridgehead atoms. The largest absolute Gasteiger partial charge is 2.00 e. The molecule has 0 saturated carbocycles. The van der Waals surface area contributed by atoms with E-state index in [4.69, 9.17) is 58.8 Å². The van der Waals surface area contributed by atoms with Gasteiger partial charge in [-0.05, 0) is 84.4 Å². The molecule has 2 aliphatic rings. The maximum Gasteiger partial charge on any atom is 2.00 e. The molecule has 77 heavy (non-hydrogen) atoms. The molecule has 7 aromatic rings. The van der Waals surface area contributed by atoms with Gasteiger partial charge < -0.3 is 48.9 Å². The standard InChI is InChI=1S/C64H80N8O4.Co/c1-9-17-25-41(13-5)37-73-49-33-21-29-45-53(49)61-67-57(45)65-58-47-31-23-35-51(75-39-43(15-7)27-19-11-3)55(47)63(69-58)72-64-56-48(32-24-36-52(56)76-40-44(16-8)28-20-12-4)60(70-64)66-59-46-30-22-34-50(54(46)62(68-59)71-61)74-38-42(14-6)26-18-10-2;/h21-24,29-36,41-44H,9-20,25-28,37-40H2,1-8H3;/q-2;+2. The zero-order valence-electron chi connectivity index (χ0n) is 46.9. The minimum atomic E-state index is 0. The molecule has 0 N–H and O–H groups in total. The molecule has 0 aliphatic carbocycles. The summed E-state index contributed by atoms with van der Waals surface area (Å²) in [5.74, 6) is 6.26. The van der Waals surface area contributed by atoms with Crippen LogP contribution in [0.2, 0.25) is 0 Å². The fourth-order valence-electron chi connectivity index (χ4n) is 10.6. The second kappa shape index (κ2) is 27.5. The van der Waals surface area contributed by atoms with Gasteiger partial charge in [0.05, 0.1) is 60.9 Å². The van der Waals surface area contributed by atoms with Crippen molar-refractivity contribution in [3.63, 3.8) is 0 Å². The molecule has 4 atom stereocenters. The smallest absolute Gasteiger partial charge is 0.493 e. The van der Waals surface area contributed by atoms with Crippen LogP contribution in [0.1, 0.15) is 158 Å². The summed E-state index contributed by atoms with van der Waals surface area (Å²) in [6.45, 7) is 20.2. The van der Waals surface area contributed by atoms with Crippen LogP contribution < -0.4 is 28.9 Å². The molecular weight excluding hydrogens is 1000 g/mol. The van der Waals surface area contributed by atoms with Gasteiger partial charge in [-0.3, -0.25) is 0 Å². The predicted octanol–water partition coefficient (Wildman–Crippen LogP) is 16.5. The average Bonchev–Trinajstić information content (AvgIpc) is 4.22. The Hall–Kier alpha value is -6.05. The molecule has 12 nitrogen and oxygen atoms in total. The third-order valence-corrected chi connectivity index (χ3v) is 15.7. The maximum absolute atomic E-state index is 6.82. The van der Waals surface area contributed by atoms with Crippen molar-refractivity contribution < 1.29 is 35.7 Å². The summed E-state index contributed by atoms with van der Waals surface area (Å²) in [4.78, 5) is 42.8. The molecule has 3 aromatic heterocycles. The fourth-order valence-corrected chi connectivity index (χ4v) is 10.6. The number of unbranched alkanes of at least 4 members (excludes halogenated alkanes) is 4. The quantitative estimate of drug-likeness (QED) is 0.0461. The predicted molar refractivity (Wildman–Crippen MR) is 309 cm³/mol. The Kier molecular flexibility index (Phi) is 20.4. The van der Waals surface area contributed by atoms with Gasteiger partial charge >= 0.3 is 16.8 Å². The van der Waals surface area contributed by atoms with E-state index in [-0.39, 0.29) is 16.8 Å². The Morgan fingerprint density at radius 1 is 0.364 bits per heavy atom. The van der Waals surface area contributed by atoms with E-state index in [1.165, 1.54) is 0 Å². The Morgan fingerprint density at radius 3 is 1.01 bits per heavy atom. The van der Waals surface area contributed by atoms with Gasteiger partial charge in [0, 0.05) is 44.5 Å². The summed E-state index contributed by atoms with van der Waals surface area (Å²) < 4.78 is 27.3. The van der Waals surface area contributed by atoms with E-state index in [0.717, 1.165) is 147 Å². The Bertz CT molecular complexity index is 3030. The van der Waals surface area contributed by atoms with Gasteiger partial charge in [-0.15, -0.1) is 0 Å². The van der Waals surface area contributed by atoms with Crippen LogP contribution in [0.4, 0.5) is 0 Å². The van der Waals surface area contributed by atoms with Gasteiger partial charge in [0.25, 0.3) is 0 Å². The summed E-state index contributed by atoms with van der Waals surface area (Å²) >= 11 is 0. The topological polar surface area (TPSA) is 142 Å². The van der Waals surface area contributed by atoms with Crippen LogP contribution in [0.25, 0.3) is 89.7 Å². The molecule has 2 aliphatic heterocycles. The third-order valence-electron chi connectivity index (χ3n) is 15.7. The average molecular weight is 1080 g/mol. The molecule has 9 rings (SSSR count). The van der Waals surface area contributed by atoms with E-state index in [1.807, 2.05) is 72.8 Å². The van der Waals surface area contributed by atoms with Crippen LogP contribution >= 0.6 is 0 Å². The van der Waals surface area contributed by atoms with Crippen molar-refractivity contribution >= 4 is 44.1 Å². The van der Waals surface area contributed by atoms with Crippen molar-refractivity contribution in [2.45, 2.75) is 158 Å². The molecule has 0 saturated heterocycles. The molecule has 13 heteroatoms. The van der Waals surface area contributed by atoms with Gasteiger partial charge in [0.15, 0.2) is 0 Å². The van der Waals surface area contributed by atoms with Gasteiger partial charge in [0.2, 0.25) is 0 Å². The van der Waals surface area contributed by atoms with Crippen molar-refractivity contribution in [2.24, 2.45) is 23.7 Å². The molecule has 0 spiro atoms. The molecule has 4 unspecified atom stereocenters. The van der Waals surface area contributed by atoms with Crippen molar-refractivity contribution in [3.05, 3.63) is 72.8 Å². The van der Waals surface area contributed by atoms with Crippen LogP contribution in [-0.4, -0.2) is 56.3 Å². The van der Waals surface area contributed by atoms with Crippen LogP contribution in [0, 0.1) is 23.7 Å². The number of ether oxygens (including phenoxy) is 4. The van der Waals surface area contributed by atoms with Crippen molar-refractivity contribution in [3.8, 4) is 68.5 Å². The monoisotopic (exact) mass is 1080 g/mol. The van der Waals surface area contributed by atoms with Crippen molar-refractivity contribution in [2.75, 3.05) is 26.4 Å². The Morgan fingerprint density at radius 2 is 0.675 bits per heavy atom. The van der Waals surface area contributed by atoms with E-state index in [9.17, 15) is 0 Å². The van der Waals surface area contributed by atoms with Crippen LogP contribution in [-0.2, 0) is 16.8 Å². The first kappa shape index (κ1) is 57.1. The number of rotatable bonds is 28. The zero-order valence-corrected chi connectivity index (χ0v) is 48.0. The van der Waals surface area contributed by atoms with E-state index in [1.54, 1.807) is 0 Å². The van der Waals surface area contributed by atoms with Crippen LogP contribution in [0.15, 0.2) is 72.8 Å². The first-order valence-electron chi connectivity index (χ1n) is 29.1. The summed E-state index contributed by atoms with van der Waals surface area (Å²) in [5.41, 5.74) is 4.94. The molecule has 5 heterocycles. The van der Waals surface area contributed by atoms with E-state index < -0.39 is 0 Å². The van der Waals surface area contributed by atoms with E-state index >= 15 is 0 Å². The zero-order chi connectivity index (χ0) is 53.0. The number of nitrogens with zero attached hydrogens (tertiary/aromatic N) is 8. The second-order valence-electron chi connectivity index (χ2n) is 21.1. The summed E-state index contributed by atoms with van der Waals surface area (Å²) in [7, 11) is 0. The first-order chi connectivity index (χ1) is 37.3. The van der Waals surface area contributed by atoms with Crippen LogP contribution in [0.3, 0.4) is 0 Å². The molecule has 0 amide bonds. The summed E-state index contributed by atoms with van der Waals surface area (Å²) in [6.07, 6.45) is 17.7. The van der Waals surface area contributed by atoms with E-state index in [2.05, 4.69) is 55.4 Å². The second-order valence-corrected chi connectivity index (χ2v) is 21.1. The third kappa shape index (κ3) is 12.9. The molecule has 1 radical (unpaired) electrons. The van der Waals surface area contributed by atoms with E-state index in [0.29, 0.717) is 119 Å². The molecular formula is C64H80CoN8O4. The van der Waals surface area contributed by atoms with Crippen LogP contribution in [0.5, 0.6) is 23.0 Å². The Labute approximate surface area is 467 Å². The summed E-state index contributed by atoms with van der Waals surface area (Å²) in [6, 6.07) is 24.3. The number of fused-ring (bicyclic) bond motifs is 20. The molecule has 409 valence electrons. The minimum Gasteiger partial charge on any atom is -0.493 e. The maximum atomic E-state index is 6.82. The fraction of sp³-hybridized carbons (Fsp3) is 0.500. The van der Waals surface area contributed by atoms with Gasteiger partial charge in [0.1, 0.15) is 23.0 Å². The van der Waals surface area contributed by atoms with Gasteiger partial charge in [-0.2, -0.15) is 0 Å². The molecule has 4 aromatic carbocycles. The normalized spacial score (nSPS) is 13.4. The number of aromatic nitrogens is 8. The molecule has 0 fully saturated rings. The SMILES string of the molecule is CCCCC(CC)COc1cccc2c1-c1nc-2nc2[n-]c(nc3nc(nc4[n-]c(n1)c1c(OCC(CC)CCCC)cccc41)-c1cccc(OCC(CC)CCCC)c1-3)c1c(OCC(CC)CCCC)cccc21.[Co+2]. The minimum absolute atomic E-state index is 0. The van der Waals surface area contributed by atoms with Crippen molar-refractivity contribution in [1.29, 1.82) is 0 Å². The number of hydrogen-bond acceptors (Lipinski definition) is 10. The van der Waals surface area contributed by atoms with Gasteiger partial charge in [-0.1, -0.05) is 181 Å². The Balaban J connectivity index is 0.00000784. The van der Waals surface area contributed by atoms with Gasteiger partial charge in [-0.25, -0.2) is 9.97 Å². The number of hydrogen-bond donors (Lipinski definition) is 0. The van der Waals surface area contributed by atoms with Crippen molar-refractivity contribution in [1.82, 2.24) is 39.9 Å².